The number of rotatable bonds is 6. The molecule has 20 heavy (non-hydrogen) atoms. The Balaban J connectivity index is 2.51. The van der Waals surface area contributed by atoms with Crippen LogP contribution in [0.4, 0.5) is 0 Å². The fourth-order valence-electron chi connectivity index (χ4n) is 1.43. The maximum absolute atomic E-state index is 11.9. The first-order valence-corrected chi connectivity index (χ1v) is 7.08. The highest BCUT2D eigenvalue weighted by molar-refractivity contribution is 7.12. The van der Waals surface area contributed by atoms with E-state index in [4.69, 9.17) is 5.11 Å². The van der Waals surface area contributed by atoms with E-state index >= 15 is 0 Å². The zero-order chi connectivity index (χ0) is 15.3. The van der Waals surface area contributed by atoms with E-state index in [2.05, 4.69) is 10.6 Å². The quantitative estimate of drug-likeness (QED) is 0.732. The molecule has 0 aliphatic carbocycles. The van der Waals surface area contributed by atoms with Crippen LogP contribution in [-0.2, 0) is 9.59 Å². The molecule has 0 bridgehead atoms. The molecule has 1 aromatic heterocycles. The Hall–Kier alpha value is -1.89. The smallest absolute Gasteiger partial charge is 0.308 e. The molecule has 0 saturated carbocycles. The summed E-state index contributed by atoms with van der Waals surface area (Å²) in [6.45, 7) is 4.69. The lowest BCUT2D eigenvalue weighted by atomic mass is 10.0. The van der Waals surface area contributed by atoms with Gasteiger partial charge in [-0.2, -0.15) is 0 Å². The number of hydrogen-bond acceptors (Lipinski definition) is 4. The molecule has 110 valence electrons. The lowest BCUT2D eigenvalue weighted by Gasteiger charge is -2.20. The fourth-order valence-corrected chi connectivity index (χ4v) is 2.06. The Morgan fingerprint density at radius 3 is 2.35 bits per heavy atom. The van der Waals surface area contributed by atoms with Crippen LogP contribution in [0.5, 0.6) is 0 Å². The highest BCUT2D eigenvalue weighted by atomic mass is 32.1. The maximum atomic E-state index is 11.9. The largest absolute Gasteiger partial charge is 0.481 e. The zero-order valence-corrected chi connectivity index (χ0v) is 12.4. The molecule has 0 saturated heterocycles. The van der Waals surface area contributed by atoms with E-state index in [0.717, 1.165) is 0 Å². The van der Waals surface area contributed by atoms with Crippen molar-refractivity contribution in [3.8, 4) is 0 Å². The molecule has 0 aliphatic rings. The molecule has 1 heterocycles. The van der Waals surface area contributed by atoms with Crippen LogP contribution in [0.3, 0.4) is 0 Å². The second kappa shape index (κ2) is 7.04. The van der Waals surface area contributed by atoms with Gasteiger partial charge in [-0.1, -0.05) is 6.07 Å². The maximum Gasteiger partial charge on any atom is 0.308 e. The average Bonchev–Trinajstić information content (AvgIpc) is 2.91. The third kappa shape index (κ3) is 4.34. The number of carbonyl (C=O) groups excluding carboxylic acids is 2. The minimum Gasteiger partial charge on any atom is -0.481 e. The van der Waals surface area contributed by atoms with Gasteiger partial charge in [-0.3, -0.25) is 14.4 Å². The monoisotopic (exact) mass is 298 g/mol. The summed E-state index contributed by atoms with van der Waals surface area (Å²) < 4.78 is 0. The van der Waals surface area contributed by atoms with Crippen molar-refractivity contribution in [1.29, 1.82) is 0 Å². The number of hydrogen-bond donors (Lipinski definition) is 3. The number of carboxylic acid groups (broad SMARTS) is 1. The van der Waals surface area contributed by atoms with Gasteiger partial charge in [0.25, 0.3) is 5.91 Å². The van der Waals surface area contributed by atoms with Crippen LogP contribution in [0.2, 0.25) is 0 Å². The molecule has 0 aromatic carbocycles. The molecule has 0 spiro atoms. The third-order valence-corrected chi connectivity index (χ3v) is 3.86. The van der Waals surface area contributed by atoms with E-state index < -0.39 is 29.9 Å². The second-order valence-electron chi connectivity index (χ2n) is 4.60. The predicted octanol–water partition coefficient (Wildman–Crippen LogP) is 1.09. The van der Waals surface area contributed by atoms with Gasteiger partial charge < -0.3 is 15.7 Å². The van der Waals surface area contributed by atoms with Gasteiger partial charge in [0.05, 0.1) is 10.8 Å². The zero-order valence-electron chi connectivity index (χ0n) is 11.5. The van der Waals surface area contributed by atoms with Gasteiger partial charge in [0.2, 0.25) is 5.91 Å². The van der Waals surface area contributed by atoms with Crippen molar-refractivity contribution in [2.75, 3.05) is 0 Å². The van der Waals surface area contributed by atoms with E-state index in [-0.39, 0.29) is 5.91 Å². The van der Waals surface area contributed by atoms with E-state index in [0.29, 0.717) is 4.88 Å². The van der Waals surface area contributed by atoms with Gasteiger partial charge in [-0.25, -0.2) is 0 Å². The topological polar surface area (TPSA) is 95.5 Å². The summed E-state index contributed by atoms with van der Waals surface area (Å²) in [5.74, 6) is -2.40. The Morgan fingerprint density at radius 2 is 1.85 bits per heavy atom. The summed E-state index contributed by atoms with van der Waals surface area (Å²) in [6, 6.07) is 2.18. The normalized spacial score (nSPS) is 14.9. The lowest BCUT2D eigenvalue weighted by molar-refractivity contribution is -0.142. The van der Waals surface area contributed by atoms with E-state index in [9.17, 15) is 14.4 Å². The van der Waals surface area contributed by atoms with Crippen molar-refractivity contribution in [1.82, 2.24) is 10.6 Å². The van der Waals surface area contributed by atoms with Crippen LogP contribution >= 0.6 is 11.3 Å². The molecule has 1 aromatic rings. The van der Waals surface area contributed by atoms with E-state index in [1.807, 2.05) is 0 Å². The molecule has 7 heteroatoms. The SMILES string of the molecule is CC(NC(=O)c1cccs1)C(=O)NC(C)C(C)C(=O)O. The number of thiophene rings is 1. The molecule has 3 atom stereocenters. The predicted molar refractivity (Wildman–Crippen MR) is 75.7 cm³/mol. The van der Waals surface area contributed by atoms with Crippen LogP contribution in [-0.4, -0.2) is 35.0 Å². The van der Waals surface area contributed by atoms with Crippen LogP contribution in [0.25, 0.3) is 0 Å². The van der Waals surface area contributed by atoms with E-state index in [1.54, 1.807) is 31.4 Å². The summed E-state index contributed by atoms with van der Waals surface area (Å²) in [7, 11) is 0. The van der Waals surface area contributed by atoms with E-state index in [1.165, 1.54) is 18.3 Å². The molecular formula is C13H18N2O4S. The molecule has 0 aliphatic heterocycles. The molecule has 0 radical (unpaired) electrons. The van der Waals surface area contributed by atoms with Crippen molar-refractivity contribution >= 4 is 29.1 Å². The van der Waals surface area contributed by atoms with Gasteiger partial charge in [0.15, 0.2) is 0 Å². The van der Waals surface area contributed by atoms with Gasteiger partial charge >= 0.3 is 5.97 Å². The first-order chi connectivity index (χ1) is 9.32. The fraction of sp³-hybridized carbons (Fsp3) is 0.462. The number of amides is 2. The molecule has 0 fully saturated rings. The highest BCUT2D eigenvalue weighted by Crippen LogP contribution is 2.08. The van der Waals surface area contributed by atoms with Crippen molar-refractivity contribution in [3.63, 3.8) is 0 Å². The van der Waals surface area contributed by atoms with Crippen LogP contribution < -0.4 is 10.6 Å². The molecular weight excluding hydrogens is 280 g/mol. The summed E-state index contributed by atoms with van der Waals surface area (Å²) in [6.07, 6.45) is 0. The second-order valence-corrected chi connectivity index (χ2v) is 5.54. The van der Waals surface area contributed by atoms with Crippen molar-refractivity contribution < 1.29 is 19.5 Å². The van der Waals surface area contributed by atoms with Crippen LogP contribution in [0, 0.1) is 5.92 Å². The minimum atomic E-state index is -0.979. The Bertz CT molecular complexity index is 487. The average molecular weight is 298 g/mol. The summed E-state index contributed by atoms with van der Waals surface area (Å²) in [5.41, 5.74) is 0. The van der Waals surface area contributed by atoms with Crippen LogP contribution in [0.1, 0.15) is 30.4 Å². The Kier molecular flexibility index (Phi) is 5.69. The van der Waals surface area contributed by atoms with Gasteiger partial charge in [0, 0.05) is 6.04 Å². The Morgan fingerprint density at radius 1 is 1.20 bits per heavy atom. The van der Waals surface area contributed by atoms with Crippen LogP contribution in [0.15, 0.2) is 17.5 Å². The number of nitrogens with one attached hydrogen (secondary N) is 2. The summed E-state index contributed by atoms with van der Waals surface area (Å²) in [5, 5.41) is 15.8. The number of aliphatic carboxylic acids is 1. The molecule has 1 rings (SSSR count). The molecule has 6 nitrogen and oxygen atoms in total. The van der Waals surface area contributed by atoms with Gasteiger partial charge in [0.1, 0.15) is 6.04 Å². The minimum absolute atomic E-state index is 0.318. The molecule has 3 unspecified atom stereocenters. The molecule has 3 N–H and O–H groups in total. The summed E-state index contributed by atoms with van der Waals surface area (Å²) >= 11 is 1.29. The third-order valence-electron chi connectivity index (χ3n) is 3.00. The van der Waals surface area contributed by atoms with Crippen molar-refractivity contribution in [2.45, 2.75) is 32.9 Å². The van der Waals surface area contributed by atoms with Gasteiger partial charge in [-0.05, 0) is 32.2 Å². The van der Waals surface area contributed by atoms with Gasteiger partial charge in [-0.15, -0.1) is 11.3 Å². The first kappa shape index (κ1) is 16.2. The standard InChI is InChI=1S/C13H18N2O4S/c1-7(13(18)19)8(2)14-11(16)9(3)15-12(17)10-5-4-6-20-10/h4-9H,1-3H3,(H,14,16)(H,15,17)(H,18,19). The number of carboxylic acids is 1. The lowest BCUT2D eigenvalue weighted by Crippen LogP contribution is -2.49. The molecule has 2 amide bonds. The van der Waals surface area contributed by atoms with Crippen molar-refractivity contribution in [3.05, 3.63) is 22.4 Å². The number of carbonyl (C=O) groups is 3. The first-order valence-electron chi connectivity index (χ1n) is 6.20. The van der Waals surface area contributed by atoms with Crippen molar-refractivity contribution in [2.24, 2.45) is 5.92 Å². The summed E-state index contributed by atoms with van der Waals surface area (Å²) in [4.78, 5) is 35.0. The Labute approximate surface area is 121 Å². The highest BCUT2D eigenvalue weighted by Gasteiger charge is 2.24.